The summed E-state index contributed by atoms with van der Waals surface area (Å²) in [7, 11) is 1.77. The molecule has 1 rings (SSSR count). The molecule has 2 N–H and O–H groups in total. The molecule has 0 amide bonds. The quantitative estimate of drug-likeness (QED) is 0.351. The third-order valence-electron chi connectivity index (χ3n) is 2.15. The number of aryl methyl sites for hydroxylation is 1. The number of aliphatic imine (C=N–C) groups is 1. The molecule has 80 valence electrons. The molecular formula is C11H16N4. The van der Waals surface area contributed by atoms with Crippen LogP contribution in [-0.4, -0.2) is 25.1 Å². The summed E-state index contributed by atoms with van der Waals surface area (Å²) in [5.74, 6) is 0. The molecular weight excluding hydrogens is 188 g/mol. The Labute approximate surface area is 90.1 Å². The lowest BCUT2D eigenvalue weighted by molar-refractivity contribution is 0.564. The van der Waals surface area contributed by atoms with Crippen LogP contribution in [0.15, 0.2) is 28.3 Å². The van der Waals surface area contributed by atoms with Gasteiger partial charge in [-0.05, 0) is 18.1 Å². The van der Waals surface area contributed by atoms with E-state index < -0.39 is 0 Å². The third kappa shape index (κ3) is 3.09. The largest absolute Gasteiger partial charge is 0.398 e. The third-order valence-corrected chi connectivity index (χ3v) is 2.15. The molecule has 15 heavy (non-hydrogen) atoms. The molecule has 1 aromatic carbocycles. The Morgan fingerprint density at radius 1 is 1.53 bits per heavy atom. The minimum Gasteiger partial charge on any atom is -0.398 e. The summed E-state index contributed by atoms with van der Waals surface area (Å²) < 4.78 is 0. The van der Waals surface area contributed by atoms with Crippen molar-refractivity contribution in [1.82, 2.24) is 5.01 Å². The van der Waals surface area contributed by atoms with Crippen molar-refractivity contribution in [3.05, 3.63) is 29.3 Å². The van der Waals surface area contributed by atoms with Crippen molar-refractivity contribution in [2.75, 3.05) is 12.8 Å². The molecule has 0 aliphatic carbocycles. The van der Waals surface area contributed by atoms with E-state index in [4.69, 9.17) is 5.73 Å². The monoisotopic (exact) mass is 204 g/mol. The van der Waals surface area contributed by atoms with Gasteiger partial charge in [0.05, 0.1) is 6.54 Å². The standard InChI is InChI=1S/C11H16N4/c1-9-5-4-6-10(11(9)12)7-14-8-15(3)13-2/h4-6,8H,2,7,12H2,1,3H3. The van der Waals surface area contributed by atoms with Gasteiger partial charge in [0, 0.05) is 19.5 Å². The highest BCUT2D eigenvalue weighted by Gasteiger charge is 1.99. The number of hydrogen-bond acceptors (Lipinski definition) is 3. The van der Waals surface area contributed by atoms with Crippen LogP contribution in [0, 0.1) is 6.92 Å². The van der Waals surface area contributed by atoms with Crippen molar-refractivity contribution in [2.45, 2.75) is 13.5 Å². The Morgan fingerprint density at radius 3 is 2.93 bits per heavy atom. The Hall–Kier alpha value is -1.84. The minimum absolute atomic E-state index is 0.563. The highest BCUT2D eigenvalue weighted by atomic mass is 15.4. The zero-order valence-electron chi connectivity index (χ0n) is 9.14. The fourth-order valence-corrected chi connectivity index (χ4v) is 1.17. The maximum Gasteiger partial charge on any atom is 0.106 e. The molecule has 0 spiro atoms. The summed E-state index contributed by atoms with van der Waals surface area (Å²) in [5, 5.41) is 5.21. The SMILES string of the molecule is C=NN(C)C=NCc1cccc(C)c1N. The number of rotatable bonds is 4. The second kappa shape index (κ2) is 5.14. The van der Waals surface area contributed by atoms with Gasteiger partial charge in [-0.3, -0.25) is 10.0 Å². The molecule has 0 bridgehead atoms. The number of nitrogen functional groups attached to an aromatic ring is 1. The fourth-order valence-electron chi connectivity index (χ4n) is 1.17. The molecule has 0 fully saturated rings. The lowest BCUT2D eigenvalue weighted by atomic mass is 10.1. The molecule has 0 atom stereocenters. The molecule has 1 aromatic rings. The summed E-state index contributed by atoms with van der Waals surface area (Å²) in [6.07, 6.45) is 1.62. The van der Waals surface area contributed by atoms with Gasteiger partial charge >= 0.3 is 0 Å². The number of anilines is 1. The van der Waals surface area contributed by atoms with E-state index in [2.05, 4.69) is 16.8 Å². The second-order valence-corrected chi connectivity index (χ2v) is 3.32. The first kappa shape index (κ1) is 11.2. The maximum absolute atomic E-state index is 5.91. The van der Waals surface area contributed by atoms with Gasteiger partial charge in [0.1, 0.15) is 6.34 Å². The number of hydrogen-bond donors (Lipinski definition) is 1. The normalized spacial score (nSPS) is 10.5. The summed E-state index contributed by atoms with van der Waals surface area (Å²) in [6, 6.07) is 5.94. The molecule has 0 radical (unpaired) electrons. The first-order valence-electron chi connectivity index (χ1n) is 4.68. The molecule has 0 aromatic heterocycles. The number of benzene rings is 1. The number of nitrogens with zero attached hydrogens (tertiary/aromatic N) is 3. The summed E-state index contributed by atoms with van der Waals surface area (Å²) in [5.41, 5.74) is 8.83. The molecule has 0 saturated heterocycles. The highest BCUT2D eigenvalue weighted by molar-refractivity contribution is 5.57. The second-order valence-electron chi connectivity index (χ2n) is 3.32. The van der Waals surface area contributed by atoms with Crippen LogP contribution < -0.4 is 5.73 Å². The molecule has 4 heteroatoms. The number of hydrazone groups is 1. The predicted octanol–water partition coefficient (Wildman–Crippen LogP) is 1.65. The zero-order valence-corrected chi connectivity index (χ0v) is 9.14. The van der Waals surface area contributed by atoms with Gasteiger partial charge in [-0.1, -0.05) is 18.2 Å². The van der Waals surface area contributed by atoms with Gasteiger partial charge in [0.2, 0.25) is 0 Å². The Bertz CT molecular complexity index is 371. The predicted molar refractivity (Wildman–Crippen MR) is 65.1 cm³/mol. The van der Waals surface area contributed by atoms with Gasteiger partial charge in [-0.25, -0.2) is 0 Å². The summed E-state index contributed by atoms with van der Waals surface area (Å²) in [4.78, 5) is 4.20. The smallest absolute Gasteiger partial charge is 0.106 e. The average molecular weight is 204 g/mol. The average Bonchev–Trinajstić information content (AvgIpc) is 2.24. The van der Waals surface area contributed by atoms with Gasteiger partial charge in [-0.15, -0.1) is 0 Å². The number of nitrogens with two attached hydrogens (primary N) is 1. The van der Waals surface area contributed by atoms with Gasteiger partial charge in [0.25, 0.3) is 0 Å². The topological polar surface area (TPSA) is 54.0 Å². The van der Waals surface area contributed by atoms with Crippen LogP contribution in [0.1, 0.15) is 11.1 Å². The van der Waals surface area contributed by atoms with Crippen LogP contribution in [0.3, 0.4) is 0 Å². The first-order valence-corrected chi connectivity index (χ1v) is 4.68. The van der Waals surface area contributed by atoms with Gasteiger partial charge in [0.15, 0.2) is 0 Å². The maximum atomic E-state index is 5.91. The first-order chi connectivity index (χ1) is 7.15. The van der Waals surface area contributed by atoms with Crippen LogP contribution in [0.25, 0.3) is 0 Å². The minimum atomic E-state index is 0.563. The Kier molecular flexibility index (Phi) is 3.85. The van der Waals surface area contributed by atoms with Crippen LogP contribution in [-0.2, 0) is 6.54 Å². The molecule has 0 unspecified atom stereocenters. The van der Waals surface area contributed by atoms with E-state index >= 15 is 0 Å². The lowest BCUT2D eigenvalue weighted by Gasteiger charge is -2.06. The van der Waals surface area contributed by atoms with Crippen LogP contribution in [0.5, 0.6) is 0 Å². The fraction of sp³-hybridized carbons (Fsp3) is 0.273. The summed E-state index contributed by atoms with van der Waals surface area (Å²) in [6.45, 7) is 5.93. The molecule has 0 saturated carbocycles. The molecule has 4 nitrogen and oxygen atoms in total. The molecule has 0 aliphatic heterocycles. The highest BCUT2D eigenvalue weighted by Crippen LogP contribution is 2.16. The van der Waals surface area contributed by atoms with Crippen molar-refractivity contribution >= 4 is 18.7 Å². The number of para-hydroxylation sites is 1. The van der Waals surface area contributed by atoms with E-state index in [1.807, 2.05) is 25.1 Å². The van der Waals surface area contributed by atoms with E-state index in [1.54, 1.807) is 18.4 Å². The van der Waals surface area contributed by atoms with Crippen molar-refractivity contribution in [3.8, 4) is 0 Å². The Balaban J connectivity index is 2.69. The zero-order chi connectivity index (χ0) is 11.3. The Morgan fingerprint density at radius 2 is 2.27 bits per heavy atom. The van der Waals surface area contributed by atoms with Crippen molar-refractivity contribution < 1.29 is 0 Å². The lowest BCUT2D eigenvalue weighted by Crippen LogP contribution is -2.06. The van der Waals surface area contributed by atoms with E-state index in [1.165, 1.54) is 0 Å². The van der Waals surface area contributed by atoms with E-state index in [-0.39, 0.29) is 0 Å². The van der Waals surface area contributed by atoms with Crippen molar-refractivity contribution in [1.29, 1.82) is 0 Å². The van der Waals surface area contributed by atoms with Gasteiger partial charge in [-0.2, -0.15) is 5.10 Å². The molecule has 0 aliphatic rings. The summed E-state index contributed by atoms with van der Waals surface area (Å²) >= 11 is 0. The van der Waals surface area contributed by atoms with Crippen LogP contribution in [0.4, 0.5) is 5.69 Å². The molecule has 0 heterocycles. The van der Waals surface area contributed by atoms with Crippen molar-refractivity contribution in [3.63, 3.8) is 0 Å². The van der Waals surface area contributed by atoms with E-state index in [9.17, 15) is 0 Å². The van der Waals surface area contributed by atoms with Gasteiger partial charge < -0.3 is 5.73 Å². The van der Waals surface area contributed by atoms with Crippen molar-refractivity contribution in [2.24, 2.45) is 10.1 Å². The van der Waals surface area contributed by atoms with Crippen LogP contribution in [0.2, 0.25) is 0 Å². The van der Waals surface area contributed by atoms with E-state index in [0.29, 0.717) is 6.54 Å². The van der Waals surface area contributed by atoms with Crippen LogP contribution >= 0.6 is 0 Å². The van der Waals surface area contributed by atoms with E-state index in [0.717, 1.165) is 16.8 Å².